The van der Waals surface area contributed by atoms with Crippen LogP contribution < -0.4 is 24.5 Å². The van der Waals surface area contributed by atoms with Crippen LogP contribution in [0.15, 0.2) is 53.6 Å². The molecule has 0 aliphatic carbocycles. The summed E-state index contributed by atoms with van der Waals surface area (Å²) in [5, 5.41) is 6.65. The summed E-state index contributed by atoms with van der Waals surface area (Å²) in [6.07, 6.45) is 2.44. The number of anilines is 1. The number of nitrogens with one attached hydrogen (secondary N) is 2. The highest BCUT2D eigenvalue weighted by Crippen LogP contribution is 2.23. The minimum Gasteiger partial charge on any atom is -0.497 e. The molecule has 1 atom stereocenters. The monoisotopic (exact) mass is 490 g/mol. The zero-order valence-corrected chi connectivity index (χ0v) is 20.6. The van der Waals surface area contributed by atoms with Crippen LogP contribution in [0.4, 0.5) is 5.69 Å². The molecule has 11 heteroatoms. The first kappa shape index (κ1) is 26.7. The predicted octanol–water partition coefficient (Wildman–Crippen LogP) is 1.90. The zero-order chi connectivity index (χ0) is 25.3. The number of sulfonamides is 1. The maximum absolute atomic E-state index is 12.6. The van der Waals surface area contributed by atoms with Crippen LogP contribution in [0.1, 0.15) is 26.3 Å². The van der Waals surface area contributed by atoms with Crippen LogP contribution in [0.2, 0.25) is 0 Å². The molecule has 0 aromatic heterocycles. The van der Waals surface area contributed by atoms with Gasteiger partial charge in [0.2, 0.25) is 10.0 Å². The van der Waals surface area contributed by atoms with Gasteiger partial charge in [-0.15, -0.1) is 0 Å². The SMILES string of the molecule is COc1ccc(N([C@H](C)C(=O)N/N=C\c2ccc(OCC(=O)NC(C)C)cc2)S(C)(=O)=O)cc1. The fourth-order valence-corrected chi connectivity index (χ4v) is 4.14. The molecule has 0 unspecified atom stereocenters. The summed E-state index contributed by atoms with van der Waals surface area (Å²) in [6.45, 7) is 5.11. The predicted molar refractivity (Wildman–Crippen MR) is 131 cm³/mol. The Morgan fingerprint density at radius 2 is 1.62 bits per heavy atom. The van der Waals surface area contributed by atoms with E-state index in [1.54, 1.807) is 48.5 Å². The molecular formula is C23H30N4O6S. The molecule has 2 aromatic rings. The Kier molecular flexibility index (Phi) is 9.43. The highest BCUT2D eigenvalue weighted by atomic mass is 32.2. The van der Waals surface area contributed by atoms with E-state index in [2.05, 4.69) is 15.8 Å². The quantitative estimate of drug-likeness (QED) is 0.366. The first-order valence-electron chi connectivity index (χ1n) is 10.5. The lowest BCUT2D eigenvalue weighted by atomic mass is 10.2. The van der Waals surface area contributed by atoms with Crippen LogP contribution in [-0.2, 0) is 19.6 Å². The standard InChI is InChI=1S/C23H30N4O6S/c1-16(2)25-22(28)15-33-21-10-6-18(7-11-21)14-24-26-23(29)17(3)27(34(5,30)31)19-8-12-20(32-4)13-9-19/h6-14,16-17H,15H2,1-5H3,(H,25,28)(H,26,29)/b24-14-/t17-/m1/s1. The Balaban J connectivity index is 1.98. The molecule has 0 bridgehead atoms. The van der Waals surface area contributed by atoms with Gasteiger partial charge in [0.1, 0.15) is 17.5 Å². The molecule has 184 valence electrons. The second kappa shape index (κ2) is 12.0. The Bertz CT molecular complexity index is 1100. The third-order valence-corrected chi connectivity index (χ3v) is 5.75. The van der Waals surface area contributed by atoms with E-state index in [0.29, 0.717) is 22.7 Å². The summed E-state index contributed by atoms with van der Waals surface area (Å²) in [7, 11) is -2.24. The number of amides is 2. The molecule has 0 spiro atoms. The van der Waals surface area contributed by atoms with Crippen LogP contribution in [0.3, 0.4) is 0 Å². The van der Waals surface area contributed by atoms with Crippen molar-refractivity contribution >= 4 is 33.7 Å². The van der Waals surface area contributed by atoms with E-state index in [1.165, 1.54) is 20.2 Å². The second-order valence-corrected chi connectivity index (χ2v) is 9.61. The Labute approximate surface area is 200 Å². The van der Waals surface area contributed by atoms with Crippen molar-refractivity contribution < 1.29 is 27.5 Å². The van der Waals surface area contributed by atoms with E-state index in [9.17, 15) is 18.0 Å². The molecule has 2 amide bonds. The third-order valence-electron chi connectivity index (χ3n) is 4.50. The number of rotatable bonds is 11. The summed E-state index contributed by atoms with van der Waals surface area (Å²) in [4.78, 5) is 24.2. The first-order chi connectivity index (χ1) is 16.0. The summed E-state index contributed by atoms with van der Waals surface area (Å²) < 4.78 is 36.2. The van der Waals surface area contributed by atoms with Crippen molar-refractivity contribution in [2.24, 2.45) is 5.10 Å². The molecule has 0 saturated carbocycles. The molecule has 0 aliphatic rings. The second-order valence-electron chi connectivity index (χ2n) is 7.75. The lowest BCUT2D eigenvalue weighted by molar-refractivity contribution is -0.123. The summed E-state index contributed by atoms with van der Waals surface area (Å²) in [5.41, 5.74) is 3.36. The highest BCUT2D eigenvalue weighted by molar-refractivity contribution is 7.92. The maximum Gasteiger partial charge on any atom is 0.263 e. The van der Waals surface area contributed by atoms with Crippen molar-refractivity contribution in [3.8, 4) is 11.5 Å². The number of carbonyl (C=O) groups is 2. The molecular weight excluding hydrogens is 460 g/mol. The van der Waals surface area contributed by atoms with Crippen molar-refractivity contribution in [1.29, 1.82) is 0 Å². The maximum atomic E-state index is 12.6. The Morgan fingerprint density at radius 1 is 1.03 bits per heavy atom. The van der Waals surface area contributed by atoms with Gasteiger partial charge in [-0.3, -0.25) is 13.9 Å². The first-order valence-corrected chi connectivity index (χ1v) is 12.3. The molecule has 2 N–H and O–H groups in total. The zero-order valence-electron chi connectivity index (χ0n) is 19.8. The van der Waals surface area contributed by atoms with Crippen molar-refractivity contribution in [2.75, 3.05) is 24.3 Å². The van der Waals surface area contributed by atoms with Gasteiger partial charge in [-0.05, 0) is 74.9 Å². The molecule has 0 radical (unpaired) electrons. The largest absolute Gasteiger partial charge is 0.497 e. The Hall–Kier alpha value is -3.60. The minimum absolute atomic E-state index is 0.0355. The topological polar surface area (TPSA) is 126 Å². The number of hydrogen-bond acceptors (Lipinski definition) is 7. The summed E-state index contributed by atoms with van der Waals surface area (Å²) in [6, 6.07) is 12.1. The van der Waals surface area contributed by atoms with Gasteiger partial charge in [0.25, 0.3) is 11.8 Å². The van der Waals surface area contributed by atoms with E-state index in [-0.39, 0.29) is 18.6 Å². The lowest BCUT2D eigenvalue weighted by Gasteiger charge is -2.27. The number of methoxy groups -OCH3 is 1. The molecule has 10 nitrogen and oxygen atoms in total. The van der Waals surface area contributed by atoms with Crippen molar-refractivity contribution in [3.05, 3.63) is 54.1 Å². The van der Waals surface area contributed by atoms with Crippen LogP contribution in [0.5, 0.6) is 11.5 Å². The lowest BCUT2D eigenvalue weighted by Crippen LogP contribution is -2.46. The molecule has 0 heterocycles. The number of hydrazone groups is 1. The van der Waals surface area contributed by atoms with E-state index in [4.69, 9.17) is 9.47 Å². The number of nitrogens with zero attached hydrogens (tertiary/aromatic N) is 2. The van der Waals surface area contributed by atoms with E-state index >= 15 is 0 Å². The van der Waals surface area contributed by atoms with E-state index in [0.717, 1.165) is 10.6 Å². The van der Waals surface area contributed by atoms with E-state index < -0.39 is 22.0 Å². The van der Waals surface area contributed by atoms with Crippen LogP contribution in [-0.4, -0.2) is 58.5 Å². The molecule has 34 heavy (non-hydrogen) atoms. The number of carbonyl (C=O) groups excluding carboxylic acids is 2. The Morgan fingerprint density at radius 3 is 2.15 bits per heavy atom. The van der Waals surface area contributed by atoms with Gasteiger partial charge in [-0.1, -0.05) is 0 Å². The van der Waals surface area contributed by atoms with Crippen LogP contribution in [0, 0.1) is 0 Å². The van der Waals surface area contributed by atoms with E-state index in [1.807, 2.05) is 13.8 Å². The average molecular weight is 491 g/mol. The smallest absolute Gasteiger partial charge is 0.263 e. The number of benzene rings is 2. The van der Waals surface area contributed by atoms with Gasteiger partial charge in [0, 0.05) is 6.04 Å². The normalized spacial score (nSPS) is 12.3. The van der Waals surface area contributed by atoms with Crippen molar-refractivity contribution in [2.45, 2.75) is 32.9 Å². The van der Waals surface area contributed by atoms with Crippen LogP contribution in [0.25, 0.3) is 0 Å². The van der Waals surface area contributed by atoms with Crippen molar-refractivity contribution in [1.82, 2.24) is 10.7 Å². The van der Waals surface area contributed by atoms with Gasteiger partial charge < -0.3 is 14.8 Å². The van der Waals surface area contributed by atoms with Gasteiger partial charge in [-0.2, -0.15) is 5.10 Å². The minimum atomic E-state index is -3.74. The molecule has 0 fully saturated rings. The van der Waals surface area contributed by atoms with Crippen molar-refractivity contribution in [3.63, 3.8) is 0 Å². The summed E-state index contributed by atoms with van der Waals surface area (Å²) in [5.74, 6) is 0.259. The molecule has 0 saturated heterocycles. The summed E-state index contributed by atoms with van der Waals surface area (Å²) >= 11 is 0. The fourth-order valence-electron chi connectivity index (χ4n) is 2.96. The third kappa shape index (κ3) is 8.07. The molecule has 2 rings (SSSR count). The highest BCUT2D eigenvalue weighted by Gasteiger charge is 2.29. The molecule has 0 aliphatic heterocycles. The number of ether oxygens (including phenoxy) is 2. The average Bonchev–Trinajstić information content (AvgIpc) is 2.77. The number of hydrogen-bond donors (Lipinski definition) is 2. The van der Waals surface area contributed by atoms with Gasteiger partial charge in [0.05, 0.1) is 25.3 Å². The van der Waals surface area contributed by atoms with Gasteiger partial charge >= 0.3 is 0 Å². The fraction of sp³-hybridized carbons (Fsp3) is 0.348. The molecule has 2 aromatic carbocycles. The van der Waals surface area contributed by atoms with Gasteiger partial charge in [-0.25, -0.2) is 13.8 Å². The van der Waals surface area contributed by atoms with Gasteiger partial charge in [0.15, 0.2) is 6.61 Å². The van der Waals surface area contributed by atoms with Crippen LogP contribution >= 0.6 is 0 Å².